The van der Waals surface area contributed by atoms with Gasteiger partial charge in [-0.3, -0.25) is 0 Å². The number of hydrogen-bond acceptors (Lipinski definition) is 6. The van der Waals surface area contributed by atoms with Gasteiger partial charge in [-0.25, -0.2) is 9.59 Å². The second kappa shape index (κ2) is 18.1. The van der Waals surface area contributed by atoms with Gasteiger partial charge in [-0.2, -0.15) is 0 Å². The highest BCUT2D eigenvalue weighted by Crippen LogP contribution is 2.46. The minimum Gasteiger partial charge on any atom is -0.478 e. The predicted octanol–water partition coefficient (Wildman–Crippen LogP) is 7.20. The molecule has 0 amide bonds. The molecule has 8 heteroatoms. The highest BCUT2D eigenvalue weighted by atomic mass is 16.5. The van der Waals surface area contributed by atoms with Crippen LogP contribution in [0.5, 0.6) is 0 Å². The molecular weight excluding hydrogens is 566 g/mol. The molecule has 8 nitrogen and oxygen atoms in total. The zero-order chi connectivity index (χ0) is 32.8. The molecule has 0 aliphatic carbocycles. The average Bonchev–Trinajstić information content (AvgIpc) is 3.03. The summed E-state index contributed by atoms with van der Waals surface area (Å²) in [4.78, 5) is 29.5. The van der Waals surface area contributed by atoms with E-state index >= 15 is 0 Å². The van der Waals surface area contributed by atoms with Crippen molar-refractivity contribution >= 4 is 17.6 Å². The number of ether oxygens (including phenoxy) is 1. The lowest BCUT2D eigenvalue weighted by Gasteiger charge is -2.33. The van der Waals surface area contributed by atoms with Gasteiger partial charge in [0.2, 0.25) is 0 Å². The molecule has 0 spiro atoms. The van der Waals surface area contributed by atoms with Gasteiger partial charge in [-0.1, -0.05) is 30.4 Å². The summed E-state index contributed by atoms with van der Waals surface area (Å²) in [5, 5.41) is 23.7. The number of benzene rings is 2. The van der Waals surface area contributed by atoms with E-state index in [2.05, 4.69) is 41.4 Å². The number of hydrogen-bond donors (Lipinski definition) is 3. The number of aromatic carboxylic acids is 2. The Morgan fingerprint density at radius 2 is 1.33 bits per heavy atom. The zero-order valence-corrected chi connectivity index (χ0v) is 26.7. The van der Waals surface area contributed by atoms with Gasteiger partial charge >= 0.3 is 11.9 Å². The monoisotopic (exact) mass is 615 g/mol. The van der Waals surface area contributed by atoms with Crippen molar-refractivity contribution < 1.29 is 24.5 Å². The third kappa shape index (κ3) is 9.50. The summed E-state index contributed by atoms with van der Waals surface area (Å²) in [7, 11) is 0. The minimum atomic E-state index is -1.01. The molecule has 242 valence electrons. The molecule has 45 heavy (non-hydrogen) atoms. The molecule has 0 fully saturated rings. The quantitative estimate of drug-likeness (QED) is 0.120. The third-order valence-electron chi connectivity index (χ3n) is 8.20. The van der Waals surface area contributed by atoms with Crippen LogP contribution in [-0.2, 0) is 17.6 Å². The Morgan fingerprint density at radius 3 is 1.80 bits per heavy atom. The lowest BCUT2D eigenvalue weighted by molar-refractivity contribution is 0.0682. The number of anilines is 1. The van der Waals surface area contributed by atoms with Crippen LogP contribution < -0.4 is 5.32 Å². The van der Waals surface area contributed by atoms with Crippen molar-refractivity contribution in [1.82, 2.24) is 9.80 Å². The minimum absolute atomic E-state index is 0.174. The fourth-order valence-electron chi connectivity index (χ4n) is 5.92. The third-order valence-corrected chi connectivity index (χ3v) is 8.20. The lowest BCUT2D eigenvalue weighted by atomic mass is 9.82. The van der Waals surface area contributed by atoms with Crippen molar-refractivity contribution in [3.05, 3.63) is 103 Å². The van der Waals surface area contributed by atoms with Gasteiger partial charge in [0, 0.05) is 62.7 Å². The first-order chi connectivity index (χ1) is 21.8. The molecule has 3 N–H and O–H groups in total. The van der Waals surface area contributed by atoms with Crippen molar-refractivity contribution in [1.29, 1.82) is 0 Å². The molecule has 1 unspecified atom stereocenters. The summed E-state index contributed by atoms with van der Waals surface area (Å²) >= 11 is 0. The molecule has 0 bridgehead atoms. The van der Waals surface area contributed by atoms with E-state index in [4.69, 9.17) is 4.74 Å². The zero-order valence-electron chi connectivity index (χ0n) is 26.7. The summed E-state index contributed by atoms with van der Waals surface area (Å²) in [5.74, 6) is -1.99. The number of rotatable bonds is 22. The summed E-state index contributed by atoms with van der Waals surface area (Å²) in [6.45, 7) is 22.6. The first-order valence-corrected chi connectivity index (χ1v) is 15.9. The number of carboxylic acid groups (broad SMARTS) is 2. The maximum absolute atomic E-state index is 12.8. The smallest absolute Gasteiger partial charge is 0.336 e. The number of fused-ring (bicyclic) bond motifs is 3. The van der Waals surface area contributed by atoms with Crippen LogP contribution in [0.2, 0.25) is 0 Å². The fourth-order valence-corrected chi connectivity index (χ4v) is 5.92. The van der Waals surface area contributed by atoms with Crippen LogP contribution in [0, 0.1) is 0 Å². The summed E-state index contributed by atoms with van der Waals surface area (Å²) < 4.78 is 6.01. The number of carbonyl (C=O) groups is 2. The highest BCUT2D eigenvalue weighted by molar-refractivity contribution is 5.98. The van der Waals surface area contributed by atoms with Crippen LogP contribution in [0.25, 0.3) is 11.1 Å². The fraction of sp³-hybridized carbons (Fsp3) is 0.405. The lowest BCUT2D eigenvalue weighted by Crippen LogP contribution is -2.31. The molecule has 0 saturated carbocycles. The van der Waals surface area contributed by atoms with Gasteiger partial charge < -0.3 is 30.1 Å². The number of nitrogens with zero attached hydrogens (tertiary/aromatic N) is 2. The van der Waals surface area contributed by atoms with Crippen molar-refractivity contribution in [2.24, 2.45) is 0 Å². The van der Waals surface area contributed by atoms with Gasteiger partial charge in [0.25, 0.3) is 0 Å². The molecular formula is C37H49N3O5. The molecule has 1 heterocycles. The van der Waals surface area contributed by atoms with Crippen molar-refractivity contribution in [3.63, 3.8) is 0 Å². The SMILES string of the molecule is C=CCCN(CCC=C)CCc1c(C(=O)O)cc2c(c1CCN(CCC=C)CCC=C)-c1ccc(C(=O)O)cc1C(OCC)N2. The molecule has 0 radical (unpaired) electrons. The Hall–Kier alpha value is -3.98. The molecule has 0 aromatic heterocycles. The van der Waals surface area contributed by atoms with Crippen LogP contribution in [0.4, 0.5) is 5.69 Å². The average molecular weight is 616 g/mol. The topological polar surface area (TPSA) is 102 Å². The Morgan fingerprint density at radius 1 is 0.800 bits per heavy atom. The number of nitrogens with one attached hydrogen (secondary N) is 1. The van der Waals surface area contributed by atoms with Gasteiger partial charge in [-0.05, 0) is 80.3 Å². The Labute approximate surface area is 268 Å². The maximum atomic E-state index is 12.8. The van der Waals surface area contributed by atoms with Gasteiger partial charge in [-0.15, -0.1) is 26.3 Å². The second-order valence-electron chi connectivity index (χ2n) is 11.2. The number of carboxylic acids is 2. The largest absolute Gasteiger partial charge is 0.478 e. The molecule has 2 aromatic carbocycles. The van der Waals surface area contributed by atoms with E-state index in [0.717, 1.165) is 86.2 Å². The van der Waals surface area contributed by atoms with Crippen LogP contribution in [0.15, 0.2) is 74.9 Å². The van der Waals surface area contributed by atoms with Gasteiger partial charge in [0.05, 0.1) is 11.1 Å². The second-order valence-corrected chi connectivity index (χ2v) is 11.2. The van der Waals surface area contributed by atoms with Crippen LogP contribution in [0.1, 0.15) is 76.2 Å². The van der Waals surface area contributed by atoms with E-state index in [0.29, 0.717) is 31.7 Å². The van der Waals surface area contributed by atoms with E-state index in [1.165, 1.54) is 0 Å². The normalized spacial score (nSPS) is 13.5. The van der Waals surface area contributed by atoms with Crippen molar-refractivity contribution in [3.8, 4) is 11.1 Å². The highest BCUT2D eigenvalue weighted by Gasteiger charge is 2.31. The maximum Gasteiger partial charge on any atom is 0.336 e. The van der Waals surface area contributed by atoms with E-state index < -0.39 is 18.2 Å². The summed E-state index contributed by atoms with van der Waals surface area (Å²) in [6.07, 6.45) is 11.5. The standard InChI is InChI=1S/C37H49N3O5/c1-6-11-19-39(20-12-7-2)23-17-28-30(18-24-40(21-13-8-3)22-14-9-4)34-29-16-15-27(36(41)42)25-31(29)35(45-10-5)38-33(34)26-32(28)37(43)44/h6-9,15-16,25-26,35,38H,1-4,10-14,17-24H2,5H3,(H,41,42)(H,43,44). The Balaban J connectivity index is 2.21. The molecule has 3 rings (SSSR count). The Bertz CT molecular complexity index is 1340. The molecule has 1 aliphatic heterocycles. The molecule has 2 aromatic rings. The first-order valence-electron chi connectivity index (χ1n) is 15.9. The van der Waals surface area contributed by atoms with E-state index in [1.807, 2.05) is 37.3 Å². The molecule has 1 aliphatic rings. The first kappa shape index (κ1) is 35.5. The Kier molecular flexibility index (Phi) is 14.3. The van der Waals surface area contributed by atoms with E-state index in [-0.39, 0.29) is 11.1 Å². The van der Waals surface area contributed by atoms with Crippen molar-refractivity contribution in [2.75, 3.05) is 51.2 Å². The van der Waals surface area contributed by atoms with Gasteiger partial charge in [0.15, 0.2) is 6.23 Å². The van der Waals surface area contributed by atoms with E-state index in [9.17, 15) is 19.8 Å². The van der Waals surface area contributed by atoms with Crippen molar-refractivity contribution in [2.45, 2.75) is 51.7 Å². The van der Waals surface area contributed by atoms with Crippen LogP contribution >= 0.6 is 0 Å². The van der Waals surface area contributed by atoms with Gasteiger partial charge in [0.1, 0.15) is 0 Å². The van der Waals surface area contributed by atoms with Crippen LogP contribution in [0.3, 0.4) is 0 Å². The summed E-state index contributed by atoms with van der Waals surface area (Å²) in [5.41, 5.74) is 5.40. The predicted molar refractivity (Wildman–Crippen MR) is 183 cm³/mol. The summed E-state index contributed by atoms with van der Waals surface area (Å²) in [6, 6.07) is 6.84. The van der Waals surface area contributed by atoms with Crippen LogP contribution in [-0.4, -0.2) is 77.8 Å². The molecule has 1 atom stereocenters. The van der Waals surface area contributed by atoms with E-state index in [1.54, 1.807) is 18.2 Å². The molecule has 0 saturated heterocycles.